The van der Waals surface area contributed by atoms with E-state index in [1.54, 1.807) is 0 Å². The Balaban J connectivity index is 2.35. The molecule has 1 aromatic carbocycles. The van der Waals surface area contributed by atoms with Crippen LogP contribution < -0.4 is 5.32 Å². The Kier molecular flexibility index (Phi) is 5.01. The van der Waals surface area contributed by atoms with Crippen LogP contribution in [0.5, 0.6) is 0 Å². The second kappa shape index (κ2) is 6.39. The van der Waals surface area contributed by atoms with E-state index >= 15 is 0 Å². The topological polar surface area (TPSA) is 42.0 Å². The fourth-order valence-electron chi connectivity index (χ4n) is 1.42. The smallest absolute Gasteiger partial charge is 0.258 e. The van der Waals surface area contributed by atoms with E-state index in [0.29, 0.717) is 8.95 Å². The Labute approximate surface area is 140 Å². The zero-order chi connectivity index (χ0) is 14.9. The molecule has 8 heteroatoms. The lowest BCUT2D eigenvalue weighted by Gasteiger charge is -2.10. The van der Waals surface area contributed by atoms with Gasteiger partial charge in [-0.25, -0.2) is 9.37 Å². The van der Waals surface area contributed by atoms with Crippen molar-refractivity contribution < 1.29 is 9.18 Å². The lowest BCUT2D eigenvalue weighted by atomic mass is 10.2. The summed E-state index contributed by atoms with van der Waals surface area (Å²) in [6.45, 7) is 0. The van der Waals surface area contributed by atoms with Crippen LogP contribution in [0.2, 0.25) is 10.2 Å². The maximum atomic E-state index is 13.1. The summed E-state index contributed by atoms with van der Waals surface area (Å²) in [6, 6.07) is 3.82. The monoisotopic (exact) mass is 440 g/mol. The van der Waals surface area contributed by atoms with Crippen molar-refractivity contribution in [3.05, 3.63) is 54.9 Å². The Morgan fingerprint density at radius 2 is 1.95 bits per heavy atom. The molecule has 104 valence electrons. The van der Waals surface area contributed by atoms with E-state index < -0.39 is 11.7 Å². The highest BCUT2D eigenvalue weighted by molar-refractivity contribution is 9.10. The van der Waals surface area contributed by atoms with E-state index in [0.717, 1.165) is 6.07 Å². The largest absolute Gasteiger partial charge is 0.320 e. The number of nitrogens with zero attached hydrogens (tertiary/aromatic N) is 1. The molecule has 0 fully saturated rings. The van der Waals surface area contributed by atoms with Crippen molar-refractivity contribution in [3.63, 3.8) is 0 Å². The van der Waals surface area contributed by atoms with Crippen LogP contribution in [-0.4, -0.2) is 10.9 Å². The molecule has 0 saturated heterocycles. The number of benzene rings is 1. The second-order valence-electron chi connectivity index (χ2n) is 3.69. The first-order valence-electron chi connectivity index (χ1n) is 5.15. The number of halogens is 5. The van der Waals surface area contributed by atoms with Crippen LogP contribution in [0.3, 0.4) is 0 Å². The first-order chi connectivity index (χ1) is 9.38. The molecule has 0 aliphatic heterocycles. The first-order valence-corrected chi connectivity index (χ1v) is 7.49. The summed E-state index contributed by atoms with van der Waals surface area (Å²) in [5.41, 5.74) is 0.433. The maximum Gasteiger partial charge on any atom is 0.258 e. The molecule has 0 spiro atoms. The second-order valence-corrected chi connectivity index (χ2v) is 6.23. The summed E-state index contributed by atoms with van der Waals surface area (Å²) in [6.07, 6.45) is 1.47. The molecule has 0 aliphatic carbocycles. The van der Waals surface area contributed by atoms with Gasteiger partial charge < -0.3 is 5.32 Å². The highest BCUT2D eigenvalue weighted by atomic mass is 79.9. The first kappa shape index (κ1) is 15.7. The number of hydrogen-bond acceptors (Lipinski definition) is 2. The predicted octanol–water partition coefficient (Wildman–Crippen LogP) is 5.30. The highest BCUT2D eigenvalue weighted by Gasteiger charge is 2.16. The van der Waals surface area contributed by atoms with Gasteiger partial charge in [-0.05, 0) is 50.1 Å². The number of amides is 1. The number of pyridine rings is 1. The van der Waals surface area contributed by atoms with Crippen LogP contribution in [0.15, 0.2) is 33.3 Å². The fraction of sp³-hybridized carbons (Fsp3) is 0. The minimum absolute atomic E-state index is 0.0556. The summed E-state index contributed by atoms with van der Waals surface area (Å²) >= 11 is 18.1. The zero-order valence-corrected chi connectivity index (χ0v) is 14.2. The molecular formula is C12H5Br2Cl2FN2O. The molecule has 1 aromatic heterocycles. The summed E-state index contributed by atoms with van der Waals surface area (Å²) < 4.78 is 14.1. The molecule has 2 rings (SSSR count). The van der Waals surface area contributed by atoms with E-state index in [9.17, 15) is 9.18 Å². The standard InChI is InChI=1S/C12H5Br2Cl2FN2O/c13-5-1-7(11(16)18-4-5)12(20)19-10-8(14)2-6(17)3-9(10)15/h1-4H,(H,19,20). The Morgan fingerprint density at radius 1 is 1.25 bits per heavy atom. The number of nitrogens with one attached hydrogen (secondary N) is 1. The Bertz CT molecular complexity index is 674. The molecule has 0 unspecified atom stereocenters. The third-order valence-corrected chi connectivity index (χ3v) is 3.95. The number of hydrogen-bond donors (Lipinski definition) is 1. The molecule has 0 saturated carbocycles. The van der Waals surface area contributed by atoms with Crippen LogP contribution in [0.25, 0.3) is 0 Å². The third kappa shape index (κ3) is 3.49. The molecule has 0 radical (unpaired) electrons. The van der Waals surface area contributed by atoms with Crippen molar-refractivity contribution in [2.75, 3.05) is 5.32 Å². The third-order valence-electron chi connectivity index (χ3n) is 2.30. The van der Waals surface area contributed by atoms with Gasteiger partial charge in [0.05, 0.1) is 16.3 Å². The van der Waals surface area contributed by atoms with Crippen LogP contribution in [0.4, 0.5) is 10.1 Å². The number of rotatable bonds is 2. The van der Waals surface area contributed by atoms with Gasteiger partial charge in [-0.2, -0.15) is 0 Å². The van der Waals surface area contributed by atoms with Gasteiger partial charge in [0.2, 0.25) is 0 Å². The molecule has 0 atom stereocenters. The van der Waals surface area contributed by atoms with Crippen molar-refractivity contribution >= 4 is 66.7 Å². The van der Waals surface area contributed by atoms with Gasteiger partial charge in [-0.15, -0.1) is 0 Å². The summed E-state index contributed by atoms with van der Waals surface area (Å²) in [4.78, 5) is 16.0. The molecule has 0 aliphatic rings. The normalized spacial score (nSPS) is 10.4. The molecule has 0 bridgehead atoms. The minimum atomic E-state index is -0.512. The summed E-state index contributed by atoms with van der Waals surface area (Å²) in [5.74, 6) is -1.01. The van der Waals surface area contributed by atoms with Gasteiger partial charge in [0.25, 0.3) is 5.91 Å². The van der Waals surface area contributed by atoms with Crippen LogP contribution >= 0.6 is 55.1 Å². The van der Waals surface area contributed by atoms with E-state index in [2.05, 4.69) is 42.2 Å². The van der Waals surface area contributed by atoms with Crippen molar-refractivity contribution in [3.8, 4) is 0 Å². The summed E-state index contributed by atoms with van der Waals surface area (Å²) in [5, 5.41) is 2.69. The lowest BCUT2D eigenvalue weighted by molar-refractivity contribution is 0.102. The van der Waals surface area contributed by atoms with Crippen molar-refractivity contribution in [1.29, 1.82) is 0 Å². The quantitative estimate of drug-likeness (QED) is 0.641. The van der Waals surface area contributed by atoms with E-state index in [1.807, 2.05) is 0 Å². The van der Waals surface area contributed by atoms with Crippen LogP contribution in [0.1, 0.15) is 10.4 Å². The number of carbonyl (C=O) groups is 1. The Hall–Kier alpha value is -0.690. The van der Waals surface area contributed by atoms with Crippen molar-refractivity contribution in [2.24, 2.45) is 0 Å². The van der Waals surface area contributed by atoms with E-state index in [1.165, 1.54) is 18.3 Å². The molecule has 1 N–H and O–H groups in total. The lowest BCUT2D eigenvalue weighted by Crippen LogP contribution is -2.14. The van der Waals surface area contributed by atoms with Gasteiger partial charge in [-0.1, -0.05) is 23.2 Å². The SMILES string of the molecule is O=C(Nc1c(Cl)cc(F)cc1Br)c1cc(Br)cnc1Cl. The summed E-state index contributed by atoms with van der Waals surface area (Å²) in [7, 11) is 0. The minimum Gasteiger partial charge on any atom is -0.320 e. The van der Waals surface area contributed by atoms with Crippen LogP contribution in [0, 0.1) is 5.82 Å². The molecule has 3 nitrogen and oxygen atoms in total. The van der Waals surface area contributed by atoms with Gasteiger partial charge >= 0.3 is 0 Å². The Morgan fingerprint density at radius 3 is 2.60 bits per heavy atom. The highest BCUT2D eigenvalue weighted by Crippen LogP contribution is 2.32. The van der Waals surface area contributed by atoms with Gasteiger partial charge in [0.15, 0.2) is 0 Å². The predicted molar refractivity (Wildman–Crippen MR) is 84.0 cm³/mol. The average Bonchev–Trinajstić information content (AvgIpc) is 2.36. The van der Waals surface area contributed by atoms with Crippen LogP contribution in [-0.2, 0) is 0 Å². The molecule has 20 heavy (non-hydrogen) atoms. The molecule has 1 heterocycles. The number of anilines is 1. The molecule has 2 aromatic rings. The van der Waals surface area contributed by atoms with Gasteiger partial charge in [-0.3, -0.25) is 4.79 Å². The van der Waals surface area contributed by atoms with E-state index in [-0.39, 0.29) is 21.4 Å². The van der Waals surface area contributed by atoms with Gasteiger partial charge in [0, 0.05) is 15.1 Å². The average molecular weight is 443 g/mol. The molecular weight excluding hydrogens is 438 g/mol. The van der Waals surface area contributed by atoms with Crippen molar-refractivity contribution in [2.45, 2.75) is 0 Å². The number of carbonyl (C=O) groups excluding carboxylic acids is 1. The molecule has 1 amide bonds. The van der Waals surface area contributed by atoms with E-state index in [4.69, 9.17) is 23.2 Å². The number of aromatic nitrogens is 1. The van der Waals surface area contributed by atoms with Crippen molar-refractivity contribution in [1.82, 2.24) is 4.98 Å². The maximum absolute atomic E-state index is 13.1. The van der Waals surface area contributed by atoms with Gasteiger partial charge in [0.1, 0.15) is 11.0 Å². The zero-order valence-electron chi connectivity index (χ0n) is 9.55. The fourth-order valence-corrected chi connectivity index (χ4v) is 2.84.